The molecule has 0 atom stereocenters. The molecule has 2 rings (SSSR count). The van der Waals surface area contributed by atoms with Gasteiger partial charge in [-0.25, -0.2) is 0 Å². The maximum Gasteiger partial charge on any atom is 0.101 e. The average Bonchev–Trinajstić information content (AvgIpc) is 3.08. The van der Waals surface area contributed by atoms with Crippen molar-refractivity contribution in [3.8, 4) is 6.07 Å². The van der Waals surface area contributed by atoms with Crippen LogP contribution in [0.2, 0.25) is 0 Å². The summed E-state index contributed by atoms with van der Waals surface area (Å²) in [6.07, 6.45) is 8.54. The summed E-state index contributed by atoms with van der Waals surface area (Å²) in [7, 11) is 0. The summed E-state index contributed by atoms with van der Waals surface area (Å²) in [5, 5.41) is 12.3. The van der Waals surface area contributed by atoms with Crippen LogP contribution in [0.3, 0.4) is 0 Å². The van der Waals surface area contributed by atoms with Crippen molar-refractivity contribution in [3.05, 3.63) is 24.0 Å². The molecule has 1 aliphatic carbocycles. The van der Waals surface area contributed by atoms with Crippen LogP contribution in [0.5, 0.6) is 0 Å². The number of nitrogens with zero attached hydrogens (tertiary/aromatic N) is 2. The molecule has 1 saturated carbocycles. The van der Waals surface area contributed by atoms with Crippen LogP contribution in [0.25, 0.3) is 0 Å². The van der Waals surface area contributed by atoms with Gasteiger partial charge in [-0.2, -0.15) is 5.26 Å². The largest absolute Gasteiger partial charge is 0.382 e. The van der Waals surface area contributed by atoms with E-state index in [1.807, 2.05) is 0 Å². The smallest absolute Gasteiger partial charge is 0.101 e. The third-order valence-electron chi connectivity index (χ3n) is 3.33. The second-order valence-electron chi connectivity index (χ2n) is 4.64. The second-order valence-corrected chi connectivity index (χ2v) is 4.64. The second kappa shape index (κ2) is 4.52. The summed E-state index contributed by atoms with van der Waals surface area (Å²) < 4.78 is 0. The van der Waals surface area contributed by atoms with Gasteiger partial charge in [-0.1, -0.05) is 13.3 Å². The highest BCUT2D eigenvalue weighted by Crippen LogP contribution is 2.49. The molecule has 1 aromatic rings. The van der Waals surface area contributed by atoms with Crippen molar-refractivity contribution in [2.75, 3.05) is 11.9 Å². The lowest BCUT2D eigenvalue weighted by molar-refractivity contribution is 0.485. The van der Waals surface area contributed by atoms with Crippen molar-refractivity contribution in [1.29, 1.82) is 5.26 Å². The number of nitrogens with one attached hydrogen (secondary N) is 1. The first-order valence-electron chi connectivity index (χ1n) is 5.88. The number of aromatic nitrogens is 1. The Bertz CT molecular complexity index is 402. The number of pyridine rings is 1. The Kier molecular flexibility index (Phi) is 3.09. The van der Waals surface area contributed by atoms with Crippen LogP contribution in [-0.4, -0.2) is 11.5 Å². The molecule has 0 saturated heterocycles. The van der Waals surface area contributed by atoms with Crippen LogP contribution in [-0.2, 0) is 0 Å². The molecule has 1 N–H and O–H groups in total. The van der Waals surface area contributed by atoms with Gasteiger partial charge < -0.3 is 5.32 Å². The zero-order valence-electron chi connectivity index (χ0n) is 9.66. The van der Waals surface area contributed by atoms with Crippen molar-refractivity contribution >= 4 is 5.69 Å². The van der Waals surface area contributed by atoms with Crippen molar-refractivity contribution in [2.45, 2.75) is 32.6 Å². The molecular weight excluding hydrogens is 198 g/mol. The SMILES string of the molecule is CCCC1(CNc2cnccc2C#N)CC1. The molecule has 0 aromatic carbocycles. The number of rotatable bonds is 5. The third-order valence-corrected chi connectivity index (χ3v) is 3.33. The Labute approximate surface area is 96.5 Å². The van der Waals surface area contributed by atoms with Crippen molar-refractivity contribution in [1.82, 2.24) is 4.98 Å². The number of hydrogen-bond donors (Lipinski definition) is 1. The molecule has 1 aromatic heterocycles. The van der Waals surface area contributed by atoms with Gasteiger partial charge in [0, 0.05) is 12.7 Å². The zero-order valence-corrected chi connectivity index (χ0v) is 9.66. The van der Waals surface area contributed by atoms with E-state index in [-0.39, 0.29) is 0 Å². The van der Waals surface area contributed by atoms with Crippen LogP contribution in [0.4, 0.5) is 5.69 Å². The summed E-state index contributed by atoms with van der Waals surface area (Å²) in [6, 6.07) is 3.93. The highest BCUT2D eigenvalue weighted by atomic mass is 14.9. The lowest BCUT2D eigenvalue weighted by Gasteiger charge is -2.16. The molecule has 0 aliphatic heterocycles. The van der Waals surface area contributed by atoms with Crippen LogP contribution in [0.15, 0.2) is 18.5 Å². The maximum atomic E-state index is 8.95. The molecule has 0 bridgehead atoms. The molecule has 0 spiro atoms. The lowest BCUT2D eigenvalue weighted by Crippen LogP contribution is -2.15. The molecule has 0 radical (unpaired) electrons. The fourth-order valence-corrected chi connectivity index (χ4v) is 2.14. The predicted octanol–water partition coefficient (Wildman–Crippen LogP) is 2.95. The quantitative estimate of drug-likeness (QED) is 0.821. The Balaban J connectivity index is 1.97. The fourth-order valence-electron chi connectivity index (χ4n) is 2.14. The fraction of sp³-hybridized carbons (Fsp3) is 0.538. The van der Waals surface area contributed by atoms with E-state index in [0.29, 0.717) is 11.0 Å². The standard InChI is InChI=1S/C13H17N3/c1-2-4-13(5-6-13)10-16-12-9-15-7-3-11(12)8-14/h3,7,9,16H,2,4-6,10H2,1H3. The molecule has 3 nitrogen and oxygen atoms in total. The van der Waals surface area contributed by atoms with Crippen LogP contribution in [0.1, 0.15) is 38.2 Å². The summed E-state index contributed by atoms with van der Waals surface area (Å²) in [5.74, 6) is 0. The van der Waals surface area contributed by atoms with Crippen molar-refractivity contribution in [2.24, 2.45) is 5.41 Å². The molecule has 0 unspecified atom stereocenters. The Morgan fingerprint density at radius 3 is 3.00 bits per heavy atom. The van der Waals surface area contributed by atoms with Gasteiger partial charge in [-0.05, 0) is 30.7 Å². The van der Waals surface area contributed by atoms with Crippen LogP contribution >= 0.6 is 0 Å². The zero-order chi connectivity index (χ0) is 11.4. The van der Waals surface area contributed by atoms with Crippen molar-refractivity contribution in [3.63, 3.8) is 0 Å². The summed E-state index contributed by atoms with van der Waals surface area (Å²) in [6.45, 7) is 3.20. The van der Waals surface area contributed by atoms with E-state index in [1.165, 1.54) is 25.7 Å². The molecular formula is C13H17N3. The van der Waals surface area contributed by atoms with E-state index in [2.05, 4.69) is 23.3 Å². The van der Waals surface area contributed by atoms with Gasteiger partial charge in [-0.15, -0.1) is 0 Å². The van der Waals surface area contributed by atoms with Crippen molar-refractivity contribution < 1.29 is 0 Å². The minimum Gasteiger partial charge on any atom is -0.382 e. The Morgan fingerprint density at radius 1 is 1.56 bits per heavy atom. The monoisotopic (exact) mass is 215 g/mol. The summed E-state index contributed by atoms with van der Waals surface area (Å²) in [4.78, 5) is 4.05. The normalized spacial score (nSPS) is 16.5. The van der Waals surface area contributed by atoms with Gasteiger partial charge in [0.05, 0.1) is 17.4 Å². The minimum absolute atomic E-state index is 0.497. The van der Waals surface area contributed by atoms with E-state index in [9.17, 15) is 0 Å². The van der Waals surface area contributed by atoms with Crippen LogP contribution < -0.4 is 5.32 Å². The molecule has 1 heterocycles. The van der Waals surface area contributed by atoms with Crippen LogP contribution in [0, 0.1) is 16.7 Å². The molecule has 3 heteroatoms. The highest BCUT2D eigenvalue weighted by Gasteiger charge is 2.41. The van der Waals surface area contributed by atoms with E-state index in [0.717, 1.165) is 12.2 Å². The van der Waals surface area contributed by atoms with Gasteiger partial charge >= 0.3 is 0 Å². The average molecular weight is 215 g/mol. The number of nitriles is 1. The maximum absolute atomic E-state index is 8.95. The summed E-state index contributed by atoms with van der Waals surface area (Å²) in [5.41, 5.74) is 2.05. The minimum atomic E-state index is 0.497. The van der Waals surface area contributed by atoms with E-state index >= 15 is 0 Å². The molecule has 16 heavy (non-hydrogen) atoms. The third kappa shape index (κ3) is 2.33. The first-order valence-corrected chi connectivity index (χ1v) is 5.88. The first-order chi connectivity index (χ1) is 7.79. The van der Waals surface area contributed by atoms with E-state index in [1.54, 1.807) is 18.5 Å². The Morgan fingerprint density at radius 2 is 2.38 bits per heavy atom. The van der Waals surface area contributed by atoms with Gasteiger partial charge in [0.2, 0.25) is 0 Å². The van der Waals surface area contributed by atoms with Gasteiger partial charge in [0.1, 0.15) is 6.07 Å². The topological polar surface area (TPSA) is 48.7 Å². The molecule has 84 valence electrons. The first kappa shape index (κ1) is 10.9. The summed E-state index contributed by atoms with van der Waals surface area (Å²) >= 11 is 0. The number of anilines is 1. The molecule has 0 amide bonds. The van der Waals surface area contributed by atoms with Gasteiger partial charge in [0.25, 0.3) is 0 Å². The van der Waals surface area contributed by atoms with E-state index < -0.39 is 0 Å². The number of hydrogen-bond acceptors (Lipinski definition) is 3. The van der Waals surface area contributed by atoms with Gasteiger partial charge in [0.15, 0.2) is 0 Å². The lowest BCUT2D eigenvalue weighted by atomic mass is 10.0. The Hall–Kier alpha value is -1.56. The molecule has 1 aliphatic rings. The predicted molar refractivity (Wildman–Crippen MR) is 64.0 cm³/mol. The highest BCUT2D eigenvalue weighted by molar-refractivity contribution is 5.55. The molecule has 1 fully saturated rings. The van der Waals surface area contributed by atoms with Gasteiger partial charge in [-0.3, -0.25) is 4.98 Å². The van der Waals surface area contributed by atoms with E-state index in [4.69, 9.17) is 5.26 Å².